The van der Waals surface area contributed by atoms with Crippen molar-refractivity contribution in [2.24, 2.45) is 0 Å². The van der Waals surface area contributed by atoms with Crippen LogP contribution in [0.1, 0.15) is 0 Å². The molecule has 0 aliphatic carbocycles. The van der Waals surface area contributed by atoms with Crippen molar-refractivity contribution >= 4 is 47.8 Å². The molecule has 0 aliphatic rings. The number of rotatable bonds is 0. The van der Waals surface area contributed by atoms with Crippen LogP contribution >= 0.6 is 7.82 Å². The molecule has 0 aliphatic heterocycles. The Bertz CT molecular complexity index is 197. The summed E-state index contributed by atoms with van der Waals surface area (Å²) >= 11 is 0. The van der Waals surface area contributed by atoms with Gasteiger partial charge in [0.2, 0.25) is 0 Å². The fourth-order valence-corrected chi connectivity index (χ4v) is 0. The second-order valence-corrected chi connectivity index (χ2v) is 2.88. The van der Waals surface area contributed by atoms with Gasteiger partial charge in [0.25, 0.3) is 0 Å². The molecule has 74 valence electrons. The average Bonchev–Trinajstić information content (AvgIpc) is 1.12. The maximum absolute atomic E-state index is 8.88. The molecular formula is H6FeNaO8PS. The summed E-state index contributed by atoms with van der Waals surface area (Å²) in [5, 5.41) is 0. The van der Waals surface area contributed by atoms with E-state index in [9.17, 15) is 0 Å². The standard InChI is InChI=1S/Fe.Na.H3O4P.H2O4S.H/c;;2*1-5(2,3)4;/h;;(H3,1,2,3,4);(H2,1,2,3,4);. The fourth-order valence-electron chi connectivity index (χ4n) is 0. The third-order valence-electron chi connectivity index (χ3n) is 0. The Morgan fingerprint density at radius 2 is 1.00 bits per heavy atom. The summed E-state index contributed by atoms with van der Waals surface area (Å²) in [5.41, 5.74) is 0. The quantitative estimate of drug-likeness (QED) is 0.189. The minimum absolute atomic E-state index is 0. The zero-order chi connectivity index (χ0) is 9.00. The molecular weight excluding hydrogens is 270 g/mol. The van der Waals surface area contributed by atoms with Gasteiger partial charge in [-0.1, -0.05) is 0 Å². The van der Waals surface area contributed by atoms with Crippen molar-refractivity contribution in [3.63, 3.8) is 0 Å². The van der Waals surface area contributed by atoms with Crippen LogP contribution in [0.4, 0.5) is 0 Å². The van der Waals surface area contributed by atoms with Gasteiger partial charge in [0, 0.05) is 17.1 Å². The van der Waals surface area contributed by atoms with Crippen molar-refractivity contribution in [1.82, 2.24) is 0 Å². The molecule has 0 unspecified atom stereocenters. The second-order valence-electron chi connectivity index (χ2n) is 0.961. The molecule has 0 saturated carbocycles. The van der Waals surface area contributed by atoms with Crippen molar-refractivity contribution in [1.29, 1.82) is 0 Å². The topological polar surface area (TPSA) is 152 Å². The molecule has 0 radical (unpaired) electrons. The Balaban J connectivity index is -0.0000000457. The van der Waals surface area contributed by atoms with E-state index in [4.69, 9.17) is 36.8 Å². The van der Waals surface area contributed by atoms with Gasteiger partial charge in [-0.2, -0.15) is 8.42 Å². The molecule has 5 N–H and O–H groups in total. The Morgan fingerprint density at radius 3 is 1.00 bits per heavy atom. The predicted molar refractivity (Wildman–Crippen MR) is 35.6 cm³/mol. The molecule has 0 saturated heterocycles. The monoisotopic (exact) mass is 276 g/mol. The molecule has 0 spiro atoms. The molecule has 0 rings (SSSR count). The van der Waals surface area contributed by atoms with Gasteiger partial charge >= 0.3 is 47.8 Å². The van der Waals surface area contributed by atoms with E-state index in [0.717, 1.165) is 0 Å². The molecule has 12 heavy (non-hydrogen) atoms. The van der Waals surface area contributed by atoms with E-state index >= 15 is 0 Å². The summed E-state index contributed by atoms with van der Waals surface area (Å²) in [6.07, 6.45) is 0. The number of hydrogen-bond acceptors (Lipinski definition) is 3. The predicted octanol–water partition coefficient (Wildman–Crippen LogP) is -2.23. The van der Waals surface area contributed by atoms with E-state index in [0.29, 0.717) is 0 Å². The van der Waals surface area contributed by atoms with Gasteiger partial charge in [-0.05, 0) is 0 Å². The molecule has 0 amide bonds. The van der Waals surface area contributed by atoms with Crippen LogP contribution in [0.5, 0.6) is 0 Å². The van der Waals surface area contributed by atoms with Crippen LogP contribution in [0.2, 0.25) is 0 Å². The Hall–Kier alpha value is 1.50. The molecule has 0 heterocycles. The van der Waals surface area contributed by atoms with E-state index in [1.54, 1.807) is 0 Å². The molecule has 0 fully saturated rings. The van der Waals surface area contributed by atoms with E-state index in [2.05, 4.69) is 0 Å². The summed E-state index contributed by atoms with van der Waals surface area (Å²) < 4.78 is 40.5. The van der Waals surface area contributed by atoms with Gasteiger partial charge < -0.3 is 14.7 Å². The Labute approximate surface area is 101 Å². The first-order valence-electron chi connectivity index (χ1n) is 1.48. The summed E-state index contributed by atoms with van der Waals surface area (Å²) in [5.74, 6) is 0. The first kappa shape index (κ1) is 23.4. The van der Waals surface area contributed by atoms with Crippen molar-refractivity contribution in [2.75, 3.05) is 0 Å². The first-order valence-corrected chi connectivity index (χ1v) is 4.44. The van der Waals surface area contributed by atoms with Gasteiger partial charge in [-0.3, -0.25) is 9.11 Å². The van der Waals surface area contributed by atoms with Crippen LogP contribution in [-0.4, -0.2) is 61.8 Å². The van der Waals surface area contributed by atoms with Gasteiger partial charge in [-0.25, -0.2) is 4.57 Å². The molecule has 0 bridgehead atoms. The third-order valence-corrected chi connectivity index (χ3v) is 0. The van der Waals surface area contributed by atoms with E-state index in [-0.39, 0.29) is 46.6 Å². The molecule has 0 aromatic heterocycles. The average molecular weight is 276 g/mol. The van der Waals surface area contributed by atoms with Crippen molar-refractivity contribution < 1.29 is 53.8 Å². The molecule has 0 aromatic carbocycles. The first-order chi connectivity index (χ1) is 4.00. The van der Waals surface area contributed by atoms with E-state index in [1.807, 2.05) is 0 Å². The van der Waals surface area contributed by atoms with Crippen LogP contribution < -0.4 is 0 Å². The van der Waals surface area contributed by atoms with Crippen LogP contribution in [0.25, 0.3) is 0 Å². The fraction of sp³-hybridized carbons (Fsp3) is 0. The molecule has 0 atom stereocenters. The van der Waals surface area contributed by atoms with Crippen molar-refractivity contribution in [3.8, 4) is 0 Å². The summed E-state index contributed by atoms with van der Waals surface area (Å²) in [4.78, 5) is 21.6. The number of hydrogen-bond donors (Lipinski definition) is 5. The Kier molecular flexibility index (Phi) is 17.7. The van der Waals surface area contributed by atoms with Gasteiger partial charge in [-0.15, -0.1) is 0 Å². The minimum atomic E-state index is -4.67. The van der Waals surface area contributed by atoms with Crippen LogP contribution in [0, 0.1) is 0 Å². The Morgan fingerprint density at radius 1 is 1.00 bits per heavy atom. The van der Waals surface area contributed by atoms with Gasteiger partial charge in [0.1, 0.15) is 0 Å². The molecule has 0 aromatic rings. The zero-order valence-corrected chi connectivity index (χ0v) is 7.48. The normalized spacial score (nSPS) is 9.75. The van der Waals surface area contributed by atoms with Crippen molar-refractivity contribution in [3.05, 3.63) is 0 Å². The summed E-state index contributed by atoms with van der Waals surface area (Å²) in [6, 6.07) is 0. The van der Waals surface area contributed by atoms with Gasteiger partial charge in [0.15, 0.2) is 0 Å². The van der Waals surface area contributed by atoms with Crippen LogP contribution in [0.15, 0.2) is 0 Å². The van der Waals surface area contributed by atoms with Crippen LogP contribution in [-0.2, 0) is 32.0 Å². The second kappa shape index (κ2) is 9.07. The van der Waals surface area contributed by atoms with Crippen LogP contribution in [0.3, 0.4) is 0 Å². The maximum atomic E-state index is 8.88. The molecule has 8 nitrogen and oxygen atoms in total. The summed E-state index contributed by atoms with van der Waals surface area (Å²) in [7, 11) is -9.31. The molecule has 12 heteroatoms. The third kappa shape index (κ3) is 564. The SMILES string of the molecule is O=P(O)(O)O.O=S(=O)(O)O.[Fe].[NaH]. The van der Waals surface area contributed by atoms with Crippen molar-refractivity contribution in [2.45, 2.75) is 0 Å². The zero-order valence-electron chi connectivity index (χ0n) is 4.67. The van der Waals surface area contributed by atoms with Gasteiger partial charge in [0.05, 0.1) is 0 Å². The number of phosphoric acid groups is 1. The van der Waals surface area contributed by atoms with E-state index in [1.165, 1.54) is 0 Å². The summed E-state index contributed by atoms with van der Waals surface area (Å²) in [6.45, 7) is 0. The van der Waals surface area contributed by atoms with E-state index < -0.39 is 18.2 Å².